The average molecular weight is 632 g/mol. The van der Waals surface area contributed by atoms with E-state index in [2.05, 4.69) is 20.6 Å². The van der Waals surface area contributed by atoms with Gasteiger partial charge in [-0.2, -0.15) is 0 Å². The molecule has 16 heteroatoms. The average Bonchev–Trinajstić information content (AvgIpc) is 2.95. The molecule has 12 N–H and O–H groups in total. The first kappa shape index (κ1) is 38.1. The number of rotatable bonds is 18. The van der Waals surface area contributed by atoms with Crippen LogP contribution in [0, 0.1) is 0 Å². The predicted octanol–water partition coefficient (Wildman–Crippen LogP) is -2.12. The number of likely N-dealkylation sites (N-methyl/N-ethyl adjacent to an activating group) is 2. The van der Waals surface area contributed by atoms with Crippen molar-refractivity contribution >= 4 is 41.5 Å². The second-order valence-corrected chi connectivity index (χ2v) is 11.2. The Kier molecular flexibility index (Phi) is 15.3. The van der Waals surface area contributed by atoms with Crippen LogP contribution in [0.5, 0.6) is 0 Å². The number of nitrogens with two attached hydrogens (primary N) is 5. The number of aliphatic imine (C=N–C) groups is 2. The number of nitrogens with one attached hydrogen (secondary N) is 2. The molecule has 0 saturated carbocycles. The number of hydrogen-bond donors (Lipinski definition) is 7. The van der Waals surface area contributed by atoms with Crippen LogP contribution in [0.1, 0.15) is 52.0 Å². The molecule has 0 aliphatic carbocycles. The lowest BCUT2D eigenvalue weighted by Crippen LogP contribution is -2.62. The monoisotopic (exact) mass is 631 g/mol. The van der Waals surface area contributed by atoms with Gasteiger partial charge >= 0.3 is 0 Å². The van der Waals surface area contributed by atoms with Crippen molar-refractivity contribution in [1.29, 1.82) is 0 Å². The normalized spacial score (nSPS) is 12.9. The van der Waals surface area contributed by atoms with Gasteiger partial charge < -0.3 is 49.1 Å². The lowest BCUT2D eigenvalue weighted by molar-refractivity contribution is -0.147. The van der Waals surface area contributed by atoms with E-state index in [1.807, 2.05) is 6.07 Å². The van der Waals surface area contributed by atoms with Gasteiger partial charge in [-0.1, -0.05) is 30.3 Å². The van der Waals surface area contributed by atoms with Crippen LogP contribution in [-0.4, -0.2) is 102 Å². The highest BCUT2D eigenvalue weighted by Crippen LogP contribution is 2.16. The fraction of sp³-hybridized carbons (Fsp3) is 0.552. The summed E-state index contributed by atoms with van der Waals surface area (Å²) in [4.78, 5) is 75.5. The molecule has 1 rings (SSSR count). The van der Waals surface area contributed by atoms with Gasteiger partial charge in [-0.15, -0.1) is 0 Å². The first-order valence-corrected chi connectivity index (χ1v) is 14.5. The summed E-state index contributed by atoms with van der Waals surface area (Å²) in [5, 5.41) is 5.39. The molecule has 0 fully saturated rings. The molecule has 0 aromatic heterocycles. The molecule has 0 spiro atoms. The zero-order valence-corrected chi connectivity index (χ0v) is 26.8. The van der Waals surface area contributed by atoms with Crippen LogP contribution < -0.4 is 39.3 Å². The fourth-order valence-corrected chi connectivity index (χ4v) is 4.57. The lowest BCUT2D eigenvalue weighted by Gasteiger charge is -2.36. The van der Waals surface area contributed by atoms with Crippen LogP contribution in [-0.2, 0) is 30.4 Å². The largest absolute Gasteiger partial charge is 0.370 e. The highest BCUT2D eigenvalue weighted by molar-refractivity contribution is 5.97. The topological polar surface area (TPSA) is 271 Å². The smallest absolute Gasteiger partial charge is 0.248 e. The molecular formula is C29H49N11O5. The Hall–Kier alpha value is -4.89. The number of carbonyl (C=O) groups is 5. The summed E-state index contributed by atoms with van der Waals surface area (Å²) >= 11 is 0. The Morgan fingerprint density at radius 2 is 1.29 bits per heavy atom. The van der Waals surface area contributed by atoms with E-state index in [1.165, 1.54) is 44.7 Å². The Balaban J connectivity index is 3.20. The van der Waals surface area contributed by atoms with Crippen molar-refractivity contribution in [3.63, 3.8) is 0 Å². The summed E-state index contributed by atoms with van der Waals surface area (Å²) in [5.41, 5.74) is 26.5. The van der Waals surface area contributed by atoms with Crippen molar-refractivity contribution in [2.75, 3.05) is 27.2 Å². The van der Waals surface area contributed by atoms with E-state index in [0.29, 0.717) is 12.8 Å². The minimum atomic E-state index is -1.51. The van der Waals surface area contributed by atoms with Gasteiger partial charge in [-0.25, -0.2) is 0 Å². The van der Waals surface area contributed by atoms with Crippen molar-refractivity contribution in [2.45, 2.75) is 76.5 Å². The number of guanidine groups is 2. The van der Waals surface area contributed by atoms with Gasteiger partial charge in [0.25, 0.3) is 0 Å². The van der Waals surface area contributed by atoms with Crippen molar-refractivity contribution in [3.05, 3.63) is 35.9 Å². The molecule has 45 heavy (non-hydrogen) atoms. The maximum atomic E-state index is 13.8. The third-order valence-electron chi connectivity index (χ3n) is 7.13. The molecule has 0 unspecified atom stereocenters. The molecule has 250 valence electrons. The van der Waals surface area contributed by atoms with Gasteiger partial charge in [0.15, 0.2) is 11.9 Å². The van der Waals surface area contributed by atoms with Crippen molar-refractivity contribution < 1.29 is 24.0 Å². The number of benzene rings is 1. The number of hydrogen-bond acceptors (Lipinski definition) is 7. The van der Waals surface area contributed by atoms with Crippen LogP contribution >= 0.6 is 0 Å². The maximum Gasteiger partial charge on any atom is 0.248 e. The minimum absolute atomic E-state index is 0.0928. The molecule has 0 radical (unpaired) electrons. The first-order chi connectivity index (χ1) is 21.0. The van der Waals surface area contributed by atoms with Crippen LogP contribution in [0.25, 0.3) is 0 Å². The van der Waals surface area contributed by atoms with E-state index in [9.17, 15) is 24.0 Å². The number of amides is 5. The minimum Gasteiger partial charge on any atom is -0.370 e. The third kappa shape index (κ3) is 13.1. The lowest BCUT2D eigenvalue weighted by atomic mass is 9.98. The summed E-state index contributed by atoms with van der Waals surface area (Å²) in [7, 11) is 2.90. The SMILES string of the molecule is CC(=O)N(C)[C@@H](CCCN=C(N)N)C(=O)NC(C)(C)C(=O)N(C)[C@@H](CCCN=C(N)N)C(=O)N[C@@H](Cc1ccccc1)C(N)=O. The maximum absolute atomic E-state index is 13.8. The molecule has 0 saturated heterocycles. The van der Waals surface area contributed by atoms with Crippen molar-refractivity contribution in [3.8, 4) is 0 Å². The molecule has 3 atom stereocenters. The van der Waals surface area contributed by atoms with Crippen molar-refractivity contribution in [1.82, 2.24) is 20.4 Å². The Labute approximate surface area is 264 Å². The van der Waals surface area contributed by atoms with Crippen LogP contribution in [0.3, 0.4) is 0 Å². The zero-order valence-electron chi connectivity index (χ0n) is 26.8. The Bertz CT molecular complexity index is 1230. The standard InChI is InChI=1S/C29H49N11O5/c1-18(41)39(4)22(14-10-16-36-28(33)34)25(44)38-29(2,3)26(45)40(5)21(13-9-15-35-27(31)32)24(43)37-20(23(30)42)17-19-11-7-6-8-12-19/h6-8,11-12,20-22H,9-10,13-17H2,1-5H3,(H2,30,42)(H,37,43)(H,38,44)(H4,31,32,35)(H4,33,34,36)/t20-,21-,22-/m0/s1. The number of primary amides is 1. The summed E-state index contributed by atoms with van der Waals surface area (Å²) in [6.45, 7) is 4.74. The van der Waals surface area contributed by atoms with E-state index in [4.69, 9.17) is 28.7 Å². The van der Waals surface area contributed by atoms with E-state index in [1.54, 1.807) is 24.3 Å². The second kappa shape index (κ2) is 18.0. The second-order valence-electron chi connectivity index (χ2n) is 11.2. The van der Waals surface area contributed by atoms with E-state index < -0.39 is 47.3 Å². The molecule has 0 aliphatic heterocycles. The summed E-state index contributed by atoms with van der Waals surface area (Å²) < 4.78 is 0. The van der Waals surface area contributed by atoms with Crippen LogP contribution in [0.15, 0.2) is 40.3 Å². The van der Waals surface area contributed by atoms with E-state index >= 15 is 0 Å². The highest BCUT2D eigenvalue weighted by Gasteiger charge is 2.39. The van der Waals surface area contributed by atoms with Gasteiger partial charge in [0.05, 0.1) is 0 Å². The Morgan fingerprint density at radius 3 is 1.73 bits per heavy atom. The third-order valence-corrected chi connectivity index (χ3v) is 7.13. The summed E-state index contributed by atoms with van der Waals surface area (Å²) in [6, 6.07) is 5.99. The van der Waals surface area contributed by atoms with Crippen LogP contribution in [0.2, 0.25) is 0 Å². The molecule has 0 aliphatic rings. The molecule has 0 heterocycles. The number of nitrogens with zero attached hydrogens (tertiary/aromatic N) is 4. The molecular weight excluding hydrogens is 582 g/mol. The predicted molar refractivity (Wildman–Crippen MR) is 172 cm³/mol. The van der Waals surface area contributed by atoms with E-state index in [-0.39, 0.29) is 50.2 Å². The van der Waals surface area contributed by atoms with Crippen LogP contribution in [0.4, 0.5) is 0 Å². The summed E-state index contributed by atoms with van der Waals surface area (Å²) in [5.74, 6) is -3.10. The van der Waals surface area contributed by atoms with Gasteiger partial charge in [-0.3, -0.25) is 34.0 Å². The molecule has 16 nitrogen and oxygen atoms in total. The molecule has 1 aromatic rings. The quantitative estimate of drug-likeness (QED) is 0.0529. The fourth-order valence-electron chi connectivity index (χ4n) is 4.57. The van der Waals surface area contributed by atoms with Gasteiger partial charge in [-0.05, 0) is 45.1 Å². The highest BCUT2D eigenvalue weighted by atomic mass is 16.2. The molecule has 0 bridgehead atoms. The molecule has 1 aromatic carbocycles. The molecule has 5 amide bonds. The van der Waals surface area contributed by atoms with Crippen molar-refractivity contribution in [2.24, 2.45) is 38.7 Å². The van der Waals surface area contributed by atoms with E-state index in [0.717, 1.165) is 5.56 Å². The zero-order chi connectivity index (χ0) is 34.3. The number of carbonyl (C=O) groups excluding carboxylic acids is 5. The van der Waals surface area contributed by atoms with Gasteiger partial charge in [0.2, 0.25) is 29.5 Å². The van der Waals surface area contributed by atoms with Gasteiger partial charge in [0, 0.05) is 40.5 Å². The Morgan fingerprint density at radius 1 is 0.800 bits per heavy atom. The van der Waals surface area contributed by atoms with Gasteiger partial charge in [0.1, 0.15) is 23.7 Å². The first-order valence-electron chi connectivity index (χ1n) is 14.5. The summed E-state index contributed by atoms with van der Waals surface area (Å²) in [6.07, 6.45) is 1.22.